The number of urea groups is 1. The summed E-state index contributed by atoms with van der Waals surface area (Å²) >= 11 is 0. The Labute approximate surface area is 119 Å². The molecule has 0 radical (unpaired) electrons. The van der Waals surface area contributed by atoms with Crippen molar-refractivity contribution in [2.75, 3.05) is 25.0 Å². The molecule has 6 nitrogen and oxygen atoms in total. The monoisotopic (exact) mass is 281 g/mol. The molecule has 0 aliphatic heterocycles. The molecule has 0 aliphatic carbocycles. The average Bonchev–Trinajstić information content (AvgIpc) is 2.66. The van der Waals surface area contributed by atoms with Gasteiger partial charge in [0.2, 0.25) is 0 Å². The number of hydrogen-bond acceptors (Lipinski definition) is 3. The number of H-pyrrole nitrogens is 1. The van der Waals surface area contributed by atoms with Crippen LogP contribution < -0.4 is 5.32 Å². The van der Waals surface area contributed by atoms with E-state index < -0.39 is 0 Å². The smallest absolute Gasteiger partial charge is 0.340 e. The van der Waals surface area contributed by atoms with E-state index in [1.165, 1.54) is 0 Å². The first-order valence-electron chi connectivity index (χ1n) is 6.88. The molecule has 2 amide bonds. The summed E-state index contributed by atoms with van der Waals surface area (Å²) in [5.74, 6) is 0.171. The standard InChI is InChI=1S/C14H23N3O3/c1-6-17(7-2)14(19)16-12-9(4)11(10(5)15-12)13(18)20-8-3/h15H,6-8H2,1-5H3,(H,16,19). The van der Waals surface area contributed by atoms with Crippen molar-refractivity contribution in [1.82, 2.24) is 9.88 Å². The van der Waals surface area contributed by atoms with Gasteiger partial charge in [0.25, 0.3) is 0 Å². The van der Waals surface area contributed by atoms with E-state index in [0.717, 1.165) is 0 Å². The van der Waals surface area contributed by atoms with Crippen molar-refractivity contribution in [3.05, 3.63) is 16.8 Å². The number of carbonyl (C=O) groups excluding carboxylic acids is 2. The van der Waals surface area contributed by atoms with Gasteiger partial charge in [-0.1, -0.05) is 0 Å². The predicted octanol–water partition coefficient (Wildman–Crippen LogP) is 2.68. The van der Waals surface area contributed by atoms with Gasteiger partial charge in [-0.15, -0.1) is 0 Å². The number of ether oxygens (including phenoxy) is 1. The molecule has 2 N–H and O–H groups in total. The zero-order valence-corrected chi connectivity index (χ0v) is 12.8. The molecular formula is C14H23N3O3. The summed E-state index contributed by atoms with van der Waals surface area (Å²) in [6.45, 7) is 10.7. The highest BCUT2D eigenvalue weighted by Gasteiger charge is 2.21. The number of aromatic amines is 1. The lowest BCUT2D eigenvalue weighted by Gasteiger charge is -2.18. The molecule has 0 aromatic carbocycles. The first-order chi connectivity index (χ1) is 9.46. The number of anilines is 1. The summed E-state index contributed by atoms with van der Waals surface area (Å²) in [6.07, 6.45) is 0. The third kappa shape index (κ3) is 3.31. The van der Waals surface area contributed by atoms with Gasteiger partial charge in [0, 0.05) is 24.3 Å². The summed E-state index contributed by atoms with van der Waals surface area (Å²) in [7, 11) is 0. The fourth-order valence-corrected chi connectivity index (χ4v) is 2.08. The van der Waals surface area contributed by atoms with E-state index in [2.05, 4.69) is 10.3 Å². The van der Waals surface area contributed by atoms with Crippen LogP contribution in [0.4, 0.5) is 10.6 Å². The van der Waals surface area contributed by atoms with Crippen LogP contribution in [0.15, 0.2) is 0 Å². The van der Waals surface area contributed by atoms with Crippen LogP contribution in [-0.4, -0.2) is 41.6 Å². The van der Waals surface area contributed by atoms with Gasteiger partial charge < -0.3 is 14.6 Å². The van der Waals surface area contributed by atoms with Crippen LogP contribution in [-0.2, 0) is 4.74 Å². The molecule has 0 atom stereocenters. The summed E-state index contributed by atoms with van der Waals surface area (Å²) in [5, 5.41) is 2.79. The summed E-state index contributed by atoms with van der Waals surface area (Å²) in [5.41, 5.74) is 1.87. The highest BCUT2D eigenvalue weighted by atomic mass is 16.5. The molecule has 6 heteroatoms. The number of rotatable bonds is 5. The van der Waals surface area contributed by atoms with Gasteiger partial charge in [0.15, 0.2) is 0 Å². The number of carbonyl (C=O) groups is 2. The summed E-state index contributed by atoms with van der Waals surface area (Å²) < 4.78 is 5.02. The molecule has 1 aromatic rings. The number of aromatic nitrogens is 1. The minimum absolute atomic E-state index is 0.185. The average molecular weight is 281 g/mol. The second kappa shape index (κ2) is 6.98. The summed E-state index contributed by atoms with van der Waals surface area (Å²) in [6, 6.07) is -0.185. The van der Waals surface area contributed by atoms with Crippen LogP contribution in [0, 0.1) is 13.8 Å². The molecule has 112 valence electrons. The Morgan fingerprint density at radius 1 is 1.20 bits per heavy atom. The first kappa shape index (κ1) is 16.1. The third-order valence-electron chi connectivity index (χ3n) is 3.20. The van der Waals surface area contributed by atoms with E-state index in [9.17, 15) is 9.59 Å². The van der Waals surface area contributed by atoms with Gasteiger partial charge in [-0.25, -0.2) is 9.59 Å². The van der Waals surface area contributed by atoms with Gasteiger partial charge in [0.05, 0.1) is 12.2 Å². The molecule has 0 unspecified atom stereocenters. The van der Waals surface area contributed by atoms with Gasteiger partial charge in [-0.2, -0.15) is 0 Å². The number of aryl methyl sites for hydroxylation is 1. The molecule has 0 aliphatic rings. The van der Waals surface area contributed by atoms with Gasteiger partial charge >= 0.3 is 12.0 Å². The maximum atomic E-state index is 12.0. The zero-order chi connectivity index (χ0) is 15.3. The molecule has 0 bridgehead atoms. The normalized spacial score (nSPS) is 10.2. The minimum Gasteiger partial charge on any atom is -0.462 e. The molecule has 0 saturated carbocycles. The number of amides is 2. The third-order valence-corrected chi connectivity index (χ3v) is 3.20. The zero-order valence-electron chi connectivity index (χ0n) is 12.8. The highest BCUT2D eigenvalue weighted by molar-refractivity contribution is 5.97. The second-order valence-electron chi connectivity index (χ2n) is 4.45. The van der Waals surface area contributed by atoms with Crippen molar-refractivity contribution < 1.29 is 14.3 Å². The number of nitrogens with one attached hydrogen (secondary N) is 2. The van der Waals surface area contributed by atoms with Crippen LogP contribution in [0.25, 0.3) is 0 Å². The van der Waals surface area contributed by atoms with Crippen molar-refractivity contribution in [2.24, 2.45) is 0 Å². The van der Waals surface area contributed by atoms with E-state index in [0.29, 0.717) is 42.3 Å². The van der Waals surface area contributed by atoms with Crippen molar-refractivity contribution in [3.63, 3.8) is 0 Å². The Bertz CT molecular complexity index is 490. The van der Waals surface area contributed by atoms with Crippen LogP contribution in [0.2, 0.25) is 0 Å². The first-order valence-corrected chi connectivity index (χ1v) is 6.88. The Hall–Kier alpha value is -1.98. The van der Waals surface area contributed by atoms with E-state index >= 15 is 0 Å². The SMILES string of the molecule is CCOC(=O)c1c(C)[nH]c(NC(=O)N(CC)CC)c1C. The Morgan fingerprint density at radius 2 is 1.80 bits per heavy atom. The van der Waals surface area contributed by atoms with Crippen LogP contribution in [0.3, 0.4) is 0 Å². The molecule has 1 heterocycles. The molecule has 1 aromatic heterocycles. The number of esters is 1. The molecule has 20 heavy (non-hydrogen) atoms. The van der Waals surface area contributed by atoms with Crippen molar-refractivity contribution in [3.8, 4) is 0 Å². The number of nitrogens with zero attached hydrogens (tertiary/aromatic N) is 1. The van der Waals surface area contributed by atoms with Crippen LogP contribution >= 0.6 is 0 Å². The largest absolute Gasteiger partial charge is 0.462 e. The molecule has 1 rings (SSSR count). The Balaban J connectivity index is 2.96. The quantitative estimate of drug-likeness (QED) is 0.815. The topological polar surface area (TPSA) is 74.4 Å². The molecule has 0 fully saturated rings. The van der Waals surface area contributed by atoms with Crippen molar-refractivity contribution >= 4 is 17.8 Å². The van der Waals surface area contributed by atoms with E-state index in [1.807, 2.05) is 13.8 Å². The second-order valence-corrected chi connectivity index (χ2v) is 4.45. The van der Waals surface area contributed by atoms with Gasteiger partial charge in [-0.3, -0.25) is 5.32 Å². The lowest BCUT2D eigenvalue weighted by Crippen LogP contribution is -2.34. The molecule has 0 saturated heterocycles. The number of hydrogen-bond donors (Lipinski definition) is 2. The van der Waals surface area contributed by atoms with Gasteiger partial charge in [0.1, 0.15) is 5.82 Å². The van der Waals surface area contributed by atoms with Crippen LogP contribution in [0.1, 0.15) is 42.4 Å². The molecular weight excluding hydrogens is 258 g/mol. The maximum absolute atomic E-state index is 12.0. The minimum atomic E-state index is -0.373. The van der Waals surface area contributed by atoms with E-state index in [4.69, 9.17) is 4.74 Å². The van der Waals surface area contributed by atoms with Crippen molar-refractivity contribution in [1.29, 1.82) is 0 Å². The fraction of sp³-hybridized carbons (Fsp3) is 0.571. The molecule has 0 spiro atoms. The lowest BCUT2D eigenvalue weighted by atomic mass is 10.1. The fourth-order valence-electron chi connectivity index (χ4n) is 2.08. The Morgan fingerprint density at radius 3 is 2.30 bits per heavy atom. The lowest BCUT2D eigenvalue weighted by molar-refractivity contribution is 0.0525. The highest BCUT2D eigenvalue weighted by Crippen LogP contribution is 2.23. The summed E-state index contributed by atoms with van der Waals surface area (Å²) in [4.78, 5) is 28.6. The van der Waals surface area contributed by atoms with E-state index in [1.54, 1.807) is 25.7 Å². The van der Waals surface area contributed by atoms with Gasteiger partial charge in [-0.05, 0) is 34.6 Å². The van der Waals surface area contributed by atoms with E-state index in [-0.39, 0.29) is 12.0 Å². The predicted molar refractivity (Wildman–Crippen MR) is 78.2 cm³/mol. The Kier molecular flexibility index (Phi) is 5.61. The maximum Gasteiger partial charge on any atom is 0.340 e. The van der Waals surface area contributed by atoms with Crippen molar-refractivity contribution in [2.45, 2.75) is 34.6 Å². The van der Waals surface area contributed by atoms with Crippen LogP contribution in [0.5, 0.6) is 0 Å².